The van der Waals surface area contributed by atoms with E-state index in [1.807, 2.05) is 30.3 Å². The number of nitrogens with zero attached hydrogens (tertiary/aromatic N) is 2. The molecule has 2 rings (SSSR count). The number of methoxy groups -OCH3 is 1. The predicted molar refractivity (Wildman–Crippen MR) is 88.3 cm³/mol. The molecule has 21 heavy (non-hydrogen) atoms. The Labute approximate surface area is 130 Å². The smallest absolute Gasteiger partial charge is 0.217 e. The first-order valence-electron chi connectivity index (χ1n) is 6.65. The summed E-state index contributed by atoms with van der Waals surface area (Å²) in [5.41, 5.74) is 8.80. The second-order valence-corrected chi connectivity index (χ2v) is 5.35. The number of hydrogen-bond donors (Lipinski definition) is 1. The van der Waals surface area contributed by atoms with Crippen LogP contribution in [0.4, 0.5) is 0 Å². The number of rotatable bonds is 6. The maximum absolute atomic E-state index is 5.67. The summed E-state index contributed by atoms with van der Waals surface area (Å²) in [4.78, 5) is 6.83. The monoisotopic (exact) mass is 301 g/mol. The summed E-state index contributed by atoms with van der Waals surface area (Å²) in [5, 5.41) is 0. The summed E-state index contributed by atoms with van der Waals surface area (Å²) < 4.78 is 5.28. The lowest BCUT2D eigenvalue weighted by Crippen LogP contribution is -2.18. The lowest BCUT2D eigenvalue weighted by Gasteiger charge is -2.18. The van der Waals surface area contributed by atoms with Crippen molar-refractivity contribution in [1.29, 1.82) is 0 Å². The van der Waals surface area contributed by atoms with Crippen LogP contribution >= 0.6 is 12.2 Å². The summed E-state index contributed by atoms with van der Waals surface area (Å²) in [6.07, 6.45) is 1.73. The molecule has 0 aliphatic rings. The van der Waals surface area contributed by atoms with Crippen molar-refractivity contribution >= 4 is 17.2 Å². The van der Waals surface area contributed by atoms with E-state index in [4.69, 9.17) is 22.7 Å². The molecule has 0 fully saturated rings. The number of hydrogen-bond acceptors (Lipinski definition) is 4. The van der Waals surface area contributed by atoms with Gasteiger partial charge in [0, 0.05) is 30.4 Å². The van der Waals surface area contributed by atoms with Crippen LogP contribution in [-0.4, -0.2) is 29.0 Å². The lowest BCUT2D eigenvalue weighted by molar-refractivity contribution is 0.307. The van der Waals surface area contributed by atoms with E-state index in [0.717, 1.165) is 24.2 Å². The van der Waals surface area contributed by atoms with E-state index in [1.165, 1.54) is 5.56 Å². The fourth-order valence-electron chi connectivity index (χ4n) is 2.21. The minimum atomic E-state index is 0.424. The Balaban J connectivity index is 2.06. The second-order valence-electron chi connectivity index (χ2n) is 4.91. The van der Waals surface area contributed by atoms with E-state index >= 15 is 0 Å². The Morgan fingerprint density at radius 2 is 2.10 bits per heavy atom. The number of benzene rings is 1. The molecule has 0 radical (unpaired) electrons. The van der Waals surface area contributed by atoms with Gasteiger partial charge in [0.2, 0.25) is 5.88 Å². The van der Waals surface area contributed by atoms with Gasteiger partial charge in [-0.15, -0.1) is 0 Å². The molecule has 0 saturated heterocycles. The van der Waals surface area contributed by atoms with Crippen LogP contribution in [0.25, 0.3) is 0 Å². The van der Waals surface area contributed by atoms with Crippen LogP contribution in [0.1, 0.15) is 16.7 Å². The molecule has 0 saturated carbocycles. The highest BCUT2D eigenvalue weighted by Crippen LogP contribution is 2.17. The van der Waals surface area contributed by atoms with Crippen molar-refractivity contribution in [2.45, 2.75) is 13.1 Å². The minimum Gasteiger partial charge on any atom is -0.481 e. The molecule has 0 aliphatic carbocycles. The number of ether oxygens (including phenoxy) is 1. The Morgan fingerprint density at radius 3 is 2.81 bits per heavy atom. The molecule has 0 unspecified atom stereocenters. The van der Waals surface area contributed by atoms with Crippen molar-refractivity contribution in [1.82, 2.24) is 9.88 Å². The van der Waals surface area contributed by atoms with Gasteiger partial charge >= 0.3 is 0 Å². The normalized spacial score (nSPS) is 10.6. The first kappa shape index (κ1) is 15.4. The third-order valence-corrected chi connectivity index (χ3v) is 3.38. The summed E-state index contributed by atoms with van der Waals surface area (Å²) in [5.74, 6) is 0.668. The molecule has 0 amide bonds. The molecule has 5 heteroatoms. The van der Waals surface area contributed by atoms with E-state index in [2.05, 4.69) is 23.0 Å². The van der Waals surface area contributed by atoms with Crippen LogP contribution in [0.5, 0.6) is 5.88 Å². The molecule has 0 spiro atoms. The largest absolute Gasteiger partial charge is 0.481 e. The average Bonchev–Trinajstić information content (AvgIpc) is 2.48. The van der Waals surface area contributed by atoms with Crippen molar-refractivity contribution in [3.63, 3.8) is 0 Å². The van der Waals surface area contributed by atoms with Gasteiger partial charge in [-0.1, -0.05) is 36.5 Å². The topological polar surface area (TPSA) is 51.4 Å². The summed E-state index contributed by atoms with van der Waals surface area (Å²) in [6.45, 7) is 1.56. The fraction of sp³-hybridized carbons (Fsp3) is 0.250. The van der Waals surface area contributed by atoms with Crippen LogP contribution in [0.2, 0.25) is 0 Å². The van der Waals surface area contributed by atoms with Gasteiger partial charge in [-0.3, -0.25) is 4.90 Å². The van der Waals surface area contributed by atoms with Gasteiger partial charge in [-0.05, 0) is 24.7 Å². The van der Waals surface area contributed by atoms with Gasteiger partial charge in [0.25, 0.3) is 0 Å². The van der Waals surface area contributed by atoms with Crippen LogP contribution in [-0.2, 0) is 13.1 Å². The van der Waals surface area contributed by atoms with E-state index in [1.54, 1.807) is 13.3 Å². The molecule has 110 valence electrons. The molecule has 0 bridgehead atoms. The molecule has 0 atom stereocenters. The van der Waals surface area contributed by atoms with Gasteiger partial charge in [0.1, 0.15) is 4.99 Å². The standard InChI is InChI=1S/C16H19N3OS/c1-19(11-14-7-4-8-18-16(14)20-2)10-12-5-3-6-13(9-12)15(17)21/h3-9H,10-11H2,1-2H3,(H2,17,21). The van der Waals surface area contributed by atoms with Gasteiger partial charge in [0.05, 0.1) is 7.11 Å². The van der Waals surface area contributed by atoms with Gasteiger partial charge in [0.15, 0.2) is 0 Å². The SMILES string of the molecule is COc1ncccc1CN(C)Cc1cccc(C(N)=S)c1. The Hall–Kier alpha value is -1.98. The van der Waals surface area contributed by atoms with Crippen molar-refractivity contribution < 1.29 is 4.74 Å². The minimum absolute atomic E-state index is 0.424. The van der Waals surface area contributed by atoms with E-state index < -0.39 is 0 Å². The molecule has 2 aromatic rings. The summed E-state index contributed by atoms with van der Waals surface area (Å²) in [6, 6.07) is 11.9. The van der Waals surface area contributed by atoms with Crippen LogP contribution in [0.15, 0.2) is 42.6 Å². The first-order valence-corrected chi connectivity index (χ1v) is 7.06. The Bertz CT molecular complexity index is 630. The molecular weight excluding hydrogens is 282 g/mol. The molecule has 0 aliphatic heterocycles. The Morgan fingerprint density at radius 1 is 1.29 bits per heavy atom. The fourth-order valence-corrected chi connectivity index (χ4v) is 2.34. The van der Waals surface area contributed by atoms with E-state index in [0.29, 0.717) is 10.9 Å². The predicted octanol–water partition coefficient (Wildman–Crippen LogP) is 2.36. The molecular formula is C16H19N3OS. The molecule has 4 nitrogen and oxygen atoms in total. The number of nitrogens with two attached hydrogens (primary N) is 1. The highest BCUT2D eigenvalue weighted by Gasteiger charge is 2.08. The van der Waals surface area contributed by atoms with Crippen molar-refractivity contribution in [2.75, 3.05) is 14.2 Å². The van der Waals surface area contributed by atoms with Crippen molar-refractivity contribution in [3.05, 3.63) is 59.3 Å². The van der Waals surface area contributed by atoms with E-state index in [9.17, 15) is 0 Å². The zero-order chi connectivity index (χ0) is 15.2. The summed E-state index contributed by atoms with van der Waals surface area (Å²) >= 11 is 5.01. The van der Waals surface area contributed by atoms with Crippen LogP contribution < -0.4 is 10.5 Å². The molecule has 2 N–H and O–H groups in total. The lowest BCUT2D eigenvalue weighted by atomic mass is 10.1. The van der Waals surface area contributed by atoms with E-state index in [-0.39, 0.29) is 0 Å². The van der Waals surface area contributed by atoms with Crippen molar-refractivity contribution in [2.24, 2.45) is 5.73 Å². The quantitative estimate of drug-likeness (QED) is 0.830. The number of pyridine rings is 1. The first-order chi connectivity index (χ1) is 10.1. The maximum atomic E-state index is 5.67. The van der Waals surface area contributed by atoms with Crippen LogP contribution in [0, 0.1) is 0 Å². The average molecular weight is 301 g/mol. The molecule has 1 heterocycles. The van der Waals surface area contributed by atoms with Gasteiger partial charge in [-0.25, -0.2) is 4.98 Å². The van der Waals surface area contributed by atoms with Gasteiger partial charge < -0.3 is 10.5 Å². The Kier molecular flexibility index (Phi) is 5.25. The maximum Gasteiger partial charge on any atom is 0.217 e. The molecule has 1 aromatic carbocycles. The zero-order valence-corrected chi connectivity index (χ0v) is 13.1. The number of thiocarbonyl (C=S) groups is 1. The number of aromatic nitrogens is 1. The third-order valence-electron chi connectivity index (χ3n) is 3.15. The second kappa shape index (κ2) is 7.15. The third kappa shape index (κ3) is 4.24. The molecule has 1 aromatic heterocycles. The highest BCUT2D eigenvalue weighted by molar-refractivity contribution is 7.80. The van der Waals surface area contributed by atoms with Crippen LogP contribution in [0.3, 0.4) is 0 Å². The van der Waals surface area contributed by atoms with Crippen molar-refractivity contribution in [3.8, 4) is 5.88 Å². The van der Waals surface area contributed by atoms with Gasteiger partial charge in [-0.2, -0.15) is 0 Å². The highest BCUT2D eigenvalue weighted by atomic mass is 32.1. The zero-order valence-electron chi connectivity index (χ0n) is 12.2. The summed E-state index contributed by atoms with van der Waals surface area (Å²) in [7, 11) is 3.69.